The second-order valence-corrected chi connectivity index (χ2v) is 6.32. The van der Waals surface area contributed by atoms with Gasteiger partial charge < -0.3 is 4.90 Å². The van der Waals surface area contributed by atoms with E-state index in [2.05, 4.69) is 10.2 Å². The number of benzene rings is 2. The van der Waals surface area contributed by atoms with Gasteiger partial charge in [0.25, 0.3) is 5.91 Å². The van der Waals surface area contributed by atoms with Gasteiger partial charge in [-0.2, -0.15) is 5.10 Å². The van der Waals surface area contributed by atoms with Crippen molar-refractivity contribution in [2.24, 2.45) is 0 Å². The summed E-state index contributed by atoms with van der Waals surface area (Å²) in [6.45, 7) is 0.787. The number of nitrogens with one attached hydrogen (secondary N) is 1. The number of hydrogen-bond acceptors (Lipinski definition) is 2. The molecule has 1 N–H and O–H groups in total. The number of hydrogen-bond donors (Lipinski definition) is 1. The third kappa shape index (κ3) is 2.59. The van der Waals surface area contributed by atoms with Crippen molar-refractivity contribution in [3.05, 3.63) is 64.8 Å². The summed E-state index contributed by atoms with van der Waals surface area (Å²) in [5.41, 5.74) is 2.79. The smallest absolute Gasteiger partial charge is 0.254 e. The first kappa shape index (κ1) is 14.3. The zero-order valence-corrected chi connectivity index (χ0v) is 13.3. The van der Waals surface area contributed by atoms with Crippen LogP contribution in [0.4, 0.5) is 0 Å². The molecule has 1 amide bonds. The van der Waals surface area contributed by atoms with Crippen molar-refractivity contribution < 1.29 is 4.79 Å². The van der Waals surface area contributed by atoms with Crippen molar-refractivity contribution in [1.82, 2.24) is 15.1 Å². The molecule has 4 rings (SSSR count). The molecule has 1 aliphatic heterocycles. The minimum atomic E-state index is 0.0746. The van der Waals surface area contributed by atoms with Crippen molar-refractivity contribution >= 4 is 28.4 Å². The first-order valence-electron chi connectivity index (χ1n) is 7.72. The van der Waals surface area contributed by atoms with E-state index < -0.39 is 0 Å². The molecular formula is C18H16ClN3O. The molecule has 0 spiro atoms. The number of amides is 1. The molecule has 0 radical (unpaired) electrons. The molecule has 116 valence electrons. The maximum absolute atomic E-state index is 12.9. The van der Waals surface area contributed by atoms with Crippen LogP contribution in [0, 0.1) is 0 Å². The summed E-state index contributed by atoms with van der Waals surface area (Å²) in [5, 5.41) is 8.59. The zero-order chi connectivity index (χ0) is 15.8. The van der Waals surface area contributed by atoms with Crippen LogP contribution in [0.3, 0.4) is 0 Å². The predicted octanol–water partition coefficient (Wildman–Crippen LogP) is 4.19. The molecule has 2 heterocycles. The quantitative estimate of drug-likeness (QED) is 0.768. The maximum Gasteiger partial charge on any atom is 0.254 e. The molecule has 4 nitrogen and oxygen atoms in total. The molecule has 0 aliphatic carbocycles. The van der Waals surface area contributed by atoms with E-state index in [1.54, 1.807) is 6.20 Å². The highest BCUT2D eigenvalue weighted by molar-refractivity contribution is 6.30. The van der Waals surface area contributed by atoms with Crippen molar-refractivity contribution in [2.75, 3.05) is 6.54 Å². The molecule has 1 aromatic heterocycles. The Morgan fingerprint density at radius 1 is 1.22 bits per heavy atom. The molecule has 1 saturated heterocycles. The summed E-state index contributed by atoms with van der Waals surface area (Å²) in [4.78, 5) is 14.9. The molecule has 23 heavy (non-hydrogen) atoms. The Morgan fingerprint density at radius 2 is 2.04 bits per heavy atom. The molecule has 2 aromatic carbocycles. The van der Waals surface area contributed by atoms with E-state index in [0.29, 0.717) is 5.56 Å². The largest absolute Gasteiger partial charge is 0.332 e. The van der Waals surface area contributed by atoms with Gasteiger partial charge in [0, 0.05) is 22.5 Å². The van der Waals surface area contributed by atoms with E-state index in [9.17, 15) is 4.79 Å². The lowest BCUT2D eigenvalue weighted by Gasteiger charge is -2.25. The Bertz CT molecular complexity index is 856. The van der Waals surface area contributed by atoms with Gasteiger partial charge in [-0.1, -0.05) is 23.7 Å². The van der Waals surface area contributed by atoms with E-state index in [1.807, 2.05) is 47.4 Å². The van der Waals surface area contributed by atoms with Crippen LogP contribution in [0.25, 0.3) is 10.9 Å². The summed E-state index contributed by atoms with van der Waals surface area (Å²) in [6, 6.07) is 13.6. The molecular weight excluding hydrogens is 310 g/mol. The molecule has 0 saturated carbocycles. The van der Waals surface area contributed by atoms with E-state index >= 15 is 0 Å². The number of aromatic nitrogens is 2. The van der Waals surface area contributed by atoms with Gasteiger partial charge in [-0.3, -0.25) is 9.89 Å². The summed E-state index contributed by atoms with van der Waals surface area (Å²) in [5.74, 6) is 0.0746. The number of carbonyl (C=O) groups excluding carboxylic acids is 1. The van der Waals surface area contributed by atoms with Crippen molar-refractivity contribution in [2.45, 2.75) is 18.9 Å². The number of H-pyrrole nitrogens is 1. The number of halogens is 1. The van der Waals surface area contributed by atoms with Crippen LogP contribution >= 0.6 is 11.6 Å². The first-order valence-corrected chi connectivity index (χ1v) is 8.10. The van der Waals surface area contributed by atoms with Crippen molar-refractivity contribution in [1.29, 1.82) is 0 Å². The minimum absolute atomic E-state index is 0.0746. The average Bonchev–Trinajstić information content (AvgIpc) is 3.23. The monoisotopic (exact) mass is 325 g/mol. The topological polar surface area (TPSA) is 49.0 Å². The zero-order valence-electron chi connectivity index (χ0n) is 12.5. The van der Waals surface area contributed by atoms with Gasteiger partial charge in [-0.25, -0.2) is 0 Å². The first-order chi connectivity index (χ1) is 11.2. The fourth-order valence-corrected chi connectivity index (χ4v) is 3.41. The third-order valence-corrected chi connectivity index (χ3v) is 4.71. The van der Waals surface area contributed by atoms with Crippen LogP contribution < -0.4 is 0 Å². The third-order valence-electron chi connectivity index (χ3n) is 4.46. The van der Waals surface area contributed by atoms with Gasteiger partial charge in [0.2, 0.25) is 0 Å². The van der Waals surface area contributed by atoms with E-state index in [0.717, 1.165) is 40.9 Å². The van der Waals surface area contributed by atoms with Gasteiger partial charge >= 0.3 is 0 Å². The van der Waals surface area contributed by atoms with Crippen LogP contribution in [0.1, 0.15) is 34.8 Å². The SMILES string of the molecule is O=C(c1ccc2[nH]ncc2c1)N1CCC[C@H]1c1ccc(Cl)cc1. The van der Waals surface area contributed by atoms with Gasteiger partial charge in [0.05, 0.1) is 17.8 Å². The normalized spacial score (nSPS) is 17.8. The Hall–Kier alpha value is -2.33. The fraction of sp³-hybridized carbons (Fsp3) is 0.222. The highest BCUT2D eigenvalue weighted by Crippen LogP contribution is 2.33. The number of carbonyl (C=O) groups is 1. The van der Waals surface area contributed by atoms with E-state index in [1.165, 1.54) is 0 Å². The summed E-state index contributed by atoms with van der Waals surface area (Å²) >= 11 is 5.97. The second kappa shape index (κ2) is 5.70. The Balaban J connectivity index is 1.64. The van der Waals surface area contributed by atoms with Crippen LogP contribution in [-0.4, -0.2) is 27.5 Å². The van der Waals surface area contributed by atoms with Crippen molar-refractivity contribution in [3.8, 4) is 0 Å². The summed E-state index contributed by atoms with van der Waals surface area (Å²) in [7, 11) is 0. The lowest BCUT2D eigenvalue weighted by Crippen LogP contribution is -2.30. The Labute approximate surface area is 139 Å². The molecule has 0 bridgehead atoms. The van der Waals surface area contributed by atoms with Gasteiger partial charge in [-0.15, -0.1) is 0 Å². The number of fused-ring (bicyclic) bond motifs is 1. The molecule has 5 heteroatoms. The lowest BCUT2D eigenvalue weighted by atomic mass is 10.0. The lowest BCUT2D eigenvalue weighted by molar-refractivity contribution is 0.0736. The molecule has 3 aromatic rings. The van der Waals surface area contributed by atoms with E-state index in [4.69, 9.17) is 11.6 Å². The fourth-order valence-electron chi connectivity index (χ4n) is 3.28. The standard InChI is InChI=1S/C18H16ClN3O/c19-15-6-3-12(4-7-15)17-2-1-9-22(17)18(23)13-5-8-16-14(10-13)11-20-21-16/h3-8,10-11,17H,1-2,9H2,(H,20,21)/t17-/m0/s1. The highest BCUT2D eigenvalue weighted by Gasteiger charge is 2.30. The molecule has 1 atom stereocenters. The van der Waals surface area contributed by atoms with E-state index in [-0.39, 0.29) is 11.9 Å². The van der Waals surface area contributed by atoms with Crippen LogP contribution in [0.5, 0.6) is 0 Å². The number of aromatic amines is 1. The predicted molar refractivity (Wildman–Crippen MR) is 90.6 cm³/mol. The van der Waals surface area contributed by atoms with Crippen LogP contribution in [0.15, 0.2) is 48.7 Å². The van der Waals surface area contributed by atoms with Crippen molar-refractivity contribution in [3.63, 3.8) is 0 Å². The number of likely N-dealkylation sites (tertiary alicyclic amines) is 1. The van der Waals surface area contributed by atoms with Gasteiger partial charge in [0.1, 0.15) is 0 Å². The Morgan fingerprint density at radius 3 is 2.87 bits per heavy atom. The van der Waals surface area contributed by atoms with Gasteiger partial charge in [-0.05, 0) is 48.7 Å². The maximum atomic E-state index is 12.9. The van der Waals surface area contributed by atoms with Gasteiger partial charge in [0.15, 0.2) is 0 Å². The second-order valence-electron chi connectivity index (χ2n) is 5.88. The molecule has 0 unspecified atom stereocenters. The average molecular weight is 326 g/mol. The molecule has 1 fully saturated rings. The summed E-state index contributed by atoms with van der Waals surface area (Å²) in [6.07, 6.45) is 3.75. The van der Waals surface area contributed by atoms with Crippen LogP contribution in [-0.2, 0) is 0 Å². The Kier molecular flexibility index (Phi) is 3.54. The number of rotatable bonds is 2. The van der Waals surface area contributed by atoms with Crippen LogP contribution in [0.2, 0.25) is 5.02 Å². The highest BCUT2D eigenvalue weighted by atomic mass is 35.5. The minimum Gasteiger partial charge on any atom is -0.332 e. The molecule has 1 aliphatic rings. The summed E-state index contributed by atoms with van der Waals surface area (Å²) < 4.78 is 0. The number of nitrogens with zero attached hydrogens (tertiary/aromatic N) is 2.